The minimum Gasteiger partial charge on any atom is -0.310 e. The summed E-state index contributed by atoms with van der Waals surface area (Å²) in [4.78, 5) is 2.57. The van der Waals surface area contributed by atoms with E-state index in [1.807, 2.05) is 0 Å². The molecule has 0 atom stereocenters. The first-order chi connectivity index (χ1) is 30.2. The third-order valence-electron chi connectivity index (χ3n) is 18.4. The zero-order valence-corrected chi connectivity index (χ0v) is 39.2. The van der Waals surface area contributed by atoms with Gasteiger partial charge in [0, 0.05) is 22.5 Å². The number of nitrogens with zero attached hydrogens (tertiary/aromatic N) is 1. The summed E-state index contributed by atoms with van der Waals surface area (Å²) in [7, 11) is 0. The van der Waals surface area contributed by atoms with Gasteiger partial charge in [-0.2, -0.15) is 0 Å². The van der Waals surface area contributed by atoms with Crippen LogP contribution in [0.4, 0.5) is 17.1 Å². The Bertz CT molecular complexity index is 2640. The summed E-state index contributed by atoms with van der Waals surface area (Å²) in [5.74, 6) is 3.31. The lowest BCUT2D eigenvalue weighted by atomic mass is 9.43. The van der Waals surface area contributed by atoms with Gasteiger partial charge >= 0.3 is 0 Å². The van der Waals surface area contributed by atoms with Crippen LogP contribution in [-0.2, 0) is 27.1 Å². The van der Waals surface area contributed by atoms with Crippen molar-refractivity contribution in [3.63, 3.8) is 0 Å². The van der Waals surface area contributed by atoms with Crippen LogP contribution in [0.15, 0.2) is 127 Å². The Balaban J connectivity index is 1.01. The van der Waals surface area contributed by atoms with Crippen LogP contribution < -0.4 is 4.90 Å². The quantitative estimate of drug-likeness (QED) is 0.167. The van der Waals surface area contributed by atoms with Crippen LogP contribution in [0, 0.1) is 23.7 Å². The molecule has 0 heterocycles. The monoisotopic (exact) mass is 826 g/mol. The zero-order valence-electron chi connectivity index (χ0n) is 39.2. The molecule has 6 aromatic rings. The van der Waals surface area contributed by atoms with Crippen LogP contribution in [0.5, 0.6) is 0 Å². The first-order valence-corrected chi connectivity index (χ1v) is 24.7. The van der Waals surface area contributed by atoms with Crippen molar-refractivity contribution in [3.05, 3.63) is 161 Å². The lowest BCUT2D eigenvalue weighted by Gasteiger charge is -2.61. The second-order valence-electron chi connectivity index (χ2n) is 23.9. The third-order valence-corrected chi connectivity index (χ3v) is 18.4. The first kappa shape index (κ1) is 39.7. The van der Waals surface area contributed by atoms with Crippen molar-refractivity contribution in [2.45, 2.75) is 140 Å². The Morgan fingerprint density at radius 3 is 1.29 bits per heavy atom. The van der Waals surface area contributed by atoms with E-state index in [9.17, 15) is 0 Å². The molecule has 1 nitrogen and oxygen atoms in total. The highest BCUT2D eigenvalue weighted by Gasteiger charge is 2.61. The number of fused-ring (bicyclic) bond motifs is 5. The number of hydrogen-bond donors (Lipinski definition) is 0. The topological polar surface area (TPSA) is 3.24 Å². The van der Waals surface area contributed by atoms with Crippen LogP contribution >= 0.6 is 0 Å². The highest BCUT2D eigenvalue weighted by Crippen LogP contribution is 2.69. The molecule has 1 spiro atoms. The largest absolute Gasteiger partial charge is 0.310 e. The van der Waals surface area contributed by atoms with Gasteiger partial charge in [-0.05, 0) is 206 Å². The summed E-state index contributed by atoms with van der Waals surface area (Å²) in [6.45, 7) is 19.6. The second-order valence-corrected chi connectivity index (χ2v) is 23.9. The van der Waals surface area contributed by atoms with Crippen LogP contribution in [0.2, 0.25) is 0 Å². The lowest BCUT2D eigenvalue weighted by Crippen LogP contribution is -2.55. The standard InChI is InChI=1S/C62H67N/c1-58(2)29-31-60(5,6)56-48(14-11-17-53(56)58)41-19-23-45(24-20-41)63(46-25-21-42(22-26-46)49-15-12-18-54-57(49)61(7,8)32-30-59(54,3)4)47-27-28-51-50-13-9-10-16-52(50)62(55(51)38-47)43-34-39-33-40(36-43)37-44(62)35-39/h9-28,38-40,43-44H,29-37H2,1-8H3. The highest BCUT2D eigenvalue weighted by molar-refractivity contribution is 5.87. The van der Waals surface area contributed by atoms with Crippen molar-refractivity contribution in [2.24, 2.45) is 23.7 Å². The molecular weight excluding hydrogens is 759 g/mol. The fraction of sp³-hybridized carbons (Fsp3) is 0.419. The van der Waals surface area contributed by atoms with Crippen molar-refractivity contribution in [3.8, 4) is 33.4 Å². The van der Waals surface area contributed by atoms with Gasteiger partial charge < -0.3 is 4.90 Å². The molecule has 320 valence electrons. The number of anilines is 3. The molecule has 0 amide bonds. The average molecular weight is 826 g/mol. The molecule has 6 aromatic carbocycles. The molecular formula is C62H67N. The smallest absolute Gasteiger partial charge is 0.0465 e. The number of hydrogen-bond acceptors (Lipinski definition) is 1. The molecule has 0 unspecified atom stereocenters. The summed E-state index contributed by atoms with van der Waals surface area (Å²) in [5, 5.41) is 0. The minimum atomic E-state index is 0.120. The molecule has 7 aliphatic carbocycles. The Morgan fingerprint density at radius 2 is 0.778 bits per heavy atom. The first-order valence-electron chi connectivity index (χ1n) is 24.7. The van der Waals surface area contributed by atoms with Gasteiger partial charge in [-0.15, -0.1) is 0 Å². The number of rotatable bonds is 5. The van der Waals surface area contributed by atoms with E-state index in [0.29, 0.717) is 0 Å². The fourth-order valence-corrected chi connectivity index (χ4v) is 15.2. The summed E-state index contributed by atoms with van der Waals surface area (Å²) < 4.78 is 0. The molecule has 1 heteroatoms. The van der Waals surface area contributed by atoms with E-state index in [1.165, 1.54) is 130 Å². The predicted octanol–water partition coefficient (Wildman–Crippen LogP) is 16.9. The van der Waals surface area contributed by atoms with Gasteiger partial charge in [0.25, 0.3) is 0 Å². The van der Waals surface area contributed by atoms with Crippen LogP contribution in [0.1, 0.15) is 147 Å². The molecule has 63 heavy (non-hydrogen) atoms. The van der Waals surface area contributed by atoms with Crippen LogP contribution in [0.3, 0.4) is 0 Å². The SMILES string of the molecule is CC1(C)CCC(C)(C)c2c(-c3ccc(N(c4ccc(-c5cccc6c5C(C)(C)CCC6(C)C)cc4)c4ccc5c(c4)C4(c6ccccc6-5)C5CC6CC(C5)CC4C6)cc3)cccc21. The molecule has 7 aliphatic rings. The van der Waals surface area contributed by atoms with Gasteiger partial charge in [0.15, 0.2) is 0 Å². The Labute approximate surface area is 378 Å². The fourth-order valence-electron chi connectivity index (χ4n) is 15.2. The molecule has 4 saturated carbocycles. The van der Waals surface area contributed by atoms with Crippen LogP contribution in [0.25, 0.3) is 33.4 Å². The number of benzene rings is 6. The molecule has 0 aromatic heterocycles. The second kappa shape index (κ2) is 13.6. The van der Waals surface area contributed by atoms with Gasteiger partial charge in [0.1, 0.15) is 0 Å². The Kier molecular flexibility index (Phi) is 8.55. The van der Waals surface area contributed by atoms with Crippen molar-refractivity contribution in [1.82, 2.24) is 0 Å². The van der Waals surface area contributed by atoms with Crippen molar-refractivity contribution >= 4 is 17.1 Å². The third kappa shape index (κ3) is 5.79. The maximum absolute atomic E-state index is 2.66. The molecule has 4 bridgehead atoms. The summed E-state index contributed by atoms with van der Waals surface area (Å²) in [6.07, 6.45) is 11.9. The molecule has 0 N–H and O–H groups in total. The van der Waals surface area contributed by atoms with Crippen molar-refractivity contribution in [2.75, 3.05) is 4.90 Å². The maximum atomic E-state index is 2.66. The zero-order chi connectivity index (χ0) is 43.3. The van der Waals surface area contributed by atoms with E-state index in [-0.39, 0.29) is 27.1 Å². The summed E-state index contributed by atoms with van der Waals surface area (Å²) in [6, 6.07) is 50.5. The summed E-state index contributed by atoms with van der Waals surface area (Å²) >= 11 is 0. The molecule has 13 rings (SSSR count). The highest BCUT2D eigenvalue weighted by atomic mass is 15.1. The maximum Gasteiger partial charge on any atom is 0.0465 e. The Hall–Kier alpha value is -4.88. The van der Waals surface area contributed by atoms with E-state index < -0.39 is 0 Å². The molecule has 0 saturated heterocycles. The van der Waals surface area contributed by atoms with Gasteiger partial charge in [-0.1, -0.05) is 146 Å². The van der Waals surface area contributed by atoms with E-state index in [0.717, 1.165) is 23.7 Å². The Morgan fingerprint density at radius 1 is 0.365 bits per heavy atom. The van der Waals surface area contributed by atoms with E-state index in [2.05, 4.69) is 188 Å². The molecule has 4 fully saturated rings. The minimum absolute atomic E-state index is 0.120. The van der Waals surface area contributed by atoms with Gasteiger partial charge in [-0.3, -0.25) is 0 Å². The van der Waals surface area contributed by atoms with Gasteiger partial charge in [0.05, 0.1) is 0 Å². The van der Waals surface area contributed by atoms with E-state index in [4.69, 9.17) is 0 Å². The molecule has 0 radical (unpaired) electrons. The summed E-state index contributed by atoms with van der Waals surface area (Å²) in [5.41, 5.74) is 22.2. The lowest BCUT2D eigenvalue weighted by molar-refractivity contribution is -0.0399. The van der Waals surface area contributed by atoms with E-state index in [1.54, 1.807) is 11.1 Å². The van der Waals surface area contributed by atoms with E-state index >= 15 is 0 Å². The predicted molar refractivity (Wildman–Crippen MR) is 266 cm³/mol. The van der Waals surface area contributed by atoms with Crippen molar-refractivity contribution in [1.29, 1.82) is 0 Å². The van der Waals surface area contributed by atoms with Crippen molar-refractivity contribution < 1.29 is 0 Å². The van der Waals surface area contributed by atoms with Crippen LogP contribution in [-0.4, -0.2) is 0 Å². The molecule has 0 aliphatic heterocycles. The van der Waals surface area contributed by atoms with Gasteiger partial charge in [-0.25, -0.2) is 0 Å². The average Bonchev–Trinajstić information content (AvgIpc) is 3.56. The normalized spacial score (nSPS) is 27.0. The van der Waals surface area contributed by atoms with Gasteiger partial charge in [0.2, 0.25) is 0 Å².